The maximum absolute atomic E-state index is 12.1. The van der Waals surface area contributed by atoms with Gasteiger partial charge in [-0.25, -0.2) is 0 Å². The van der Waals surface area contributed by atoms with Crippen LogP contribution in [0.5, 0.6) is 0 Å². The number of nitrogens with two attached hydrogens (primary N) is 1. The van der Waals surface area contributed by atoms with Gasteiger partial charge >= 0.3 is 0 Å². The van der Waals surface area contributed by atoms with Crippen molar-refractivity contribution in [3.05, 3.63) is 76.5 Å². The Kier molecular flexibility index (Phi) is 5.05. The highest BCUT2D eigenvalue weighted by atomic mass is 79.9. The molecular formula is C20H17BrN2O2. The molecular weight excluding hydrogens is 380 g/mol. The summed E-state index contributed by atoms with van der Waals surface area (Å²) in [6, 6.07) is 16.9. The first-order valence-corrected chi connectivity index (χ1v) is 8.51. The molecule has 25 heavy (non-hydrogen) atoms. The van der Waals surface area contributed by atoms with Crippen molar-refractivity contribution >= 4 is 39.3 Å². The molecule has 126 valence electrons. The van der Waals surface area contributed by atoms with E-state index >= 15 is 0 Å². The van der Waals surface area contributed by atoms with Crippen LogP contribution in [0, 0.1) is 6.92 Å². The first kappa shape index (κ1) is 17.0. The quantitative estimate of drug-likeness (QED) is 0.467. The van der Waals surface area contributed by atoms with Crippen molar-refractivity contribution in [1.82, 2.24) is 0 Å². The van der Waals surface area contributed by atoms with Crippen LogP contribution in [0.15, 0.2) is 69.6 Å². The molecule has 3 N–H and O–H groups in total. The minimum Gasteiger partial charge on any atom is -0.457 e. The molecule has 1 heterocycles. The van der Waals surface area contributed by atoms with Crippen molar-refractivity contribution in [2.75, 3.05) is 11.1 Å². The van der Waals surface area contributed by atoms with Gasteiger partial charge < -0.3 is 15.5 Å². The number of amides is 1. The smallest absolute Gasteiger partial charge is 0.248 e. The van der Waals surface area contributed by atoms with Crippen molar-refractivity contribution in [3.8, 4) is 11.3 Å². The number of aryl methyl sites for hydroxylation is 1. The van der Waals surface area contributed by atoms with Crippen molar-refractivity contribution in [2.24, 2.45) is 0 Å². The van der Waals surface area contributed by atoms with Crippen LogP contribution in [0.25, 0.3) is 17.4 Å². The third-order valence-electron chi connectivity index (χ3n) is 3.66. The minimum atomic E-state index is -0.227. The summed E-state index contributed by atoms with van der Waals surface area (Å²) in [4.78, 5) is 12.1. The Morgan fingerprint density at radius 2 is 1.88 bits per heavy atom. The highest BCUT2D eigenvalue weighted by molar-refractivity contribution is 9.10. The summed E-state index contributed by atoms with van der Waals surface area (Å²) in [5.41, 5.74) is 9.00. The van der Waals surface area contributed by atoms with E-state index in [0.717, 1.165) is 27.0 Å². The Labute approximate surface area is 154 Å². The minimum absolute atomic E-state index is 0.227. The number of carbonyl (C=O) groups is 1. The molecule has 1 aromatic heterocycles. The van der Waals surface area contributed by atoms with Crippen molar-refractivity contribution in [3.63, 3.8) is 0 Å². The molecule has 0 fully saturated rings. The van der Waals surface area contributed by atoms with Gasteiger partial charge in [0.2, 0.25) is 5.91 Å². The lowest BCUT2D eigenvalue weighted by atomic mass is 10.2. The van der Waals surface area contributed by atoms with Crippen LogP contribution in [0.3, 0.4) is 0 Å². The summed E-state index contributed by atoms with van der Waals surface area (Å²) >= 11 is 3.41. The summed E-state index contributed by atoms with van der Waals surface area (Å²) in [5.74, 6) is 1.14. The van der Waals surface area contributed by atoms with Gasteiger partial charge in [-0.1, -0.05) is 28.1 Å². The van der Waals surface area contributed by atoms with E-state index < -0.39 is 0 Å². The standard InChI is InChI=1S/C20H17BrN2O2/c1-13-12-16(22)6-9-18(13)23-20(24)11-8-17-7-10-19(25-17)14-2-4-15(21)5-3-14/h2-12H,22H2,1H3,(H,23,24)/b11-8+. The first-order chi connectivity index (χ1) is 12.0. The Bertz CT molecular complexity index is 927. The molecule has 0 saturated carbocycles. The van der Waals surface area contributed by atoms with Gasteiger partial charge in [0.1, 0.15) is 11.5 Å². The fraction of sp³-hybridized carbons (Fsp3) is 0.0500. The monoisotopic (exact) mass is 396 g/mol. The predicted molar refractivity (Wildman–Crippen MR) is 105 cm³/mol. The first-order valence-electron chi connectivity index (χ1n) is 7.72. The number of benzene rings is 2. The average Bonchev–Trinajstić information content (AvgIpc) is 3.05. The fourth-order valence-electron chi connectivity index (χ4n) is 2.37. The molecule has 0 saturated heterocycles. The summed E-state index contributed by atoms with van der Waals surface area (Å²) in [6.45, 7) is 1.90. The number of hydrogen-bond donors (Lipinski definition) is 2. The van der Waals surface area contributed by atoms with Gasteiger partial charge in [-0.3, -0.25) is 4.79 Å². The second-order valence-electron chi connectivity index (χ2n) is 5.61. The molecule has 4 nitrogen and oxygen atoms in total. The number of carbonyl (C=O) groups excluding carboxylic acids is 1. The van der Waals surface area contributed by atoms with E-state index in [4.69, 9.17) is 10.2 Å². The third kappa shape index (κ3) is 4.39. The molecule has 0 atom stereocenters. The van der Waals surface area contributed by atoms with Crippen LogP contribution >= 0.6 is 15.9 Å². The zero-order chi connectivity index (χ0) is 17.8. The number of rotatable bonds is 4. The van der Waals surface area contributed by atoms with E-state index in [1.165, 1.54) is 6.08 Å². The highest BCUT2D eigenvalue weighted by Crippen LogP contribution is 2.24. The molecule has 0 aliphatic carbocycles. The number of furan rings is 1. The summed E-state index contributed by atoms with van der Waals surface area (Å²) in [6.07, 6.45) is 3.09. The van der Waals surface area contributed by atoms with Gasteiger partial charge in [0, 0.05) is 27.5 Å². The van der Waals surface area contributed by atoms with Gasteiger partial charge in [0.25, 0.3) is 0 Å². The Hall–Kier alpha value is -2.79. The largest absolute Gasteiger partial charge is 0.457 e. The van der Waals surface area contributed by atoms with Gasteiger partial charge in [0.15, 0.2) is 0 Å². The molecule has 0 aliphatic rings. The Morgan fingerprint density at radius 3 is 2.60 bits per heavy atom. The molecule has 5 heteroatoms. The van der Waals surface area contributed by atoms with E-state index in [1.54, 1.807) is 18.2 Å². The molecule has 0 radical (unpaired) electrons. The maximum atomic E-state index is 12.1. The third-order valence-corrected chi connectivity index (χ3v) is 4.19. The van der Waals surface area contributed by atoms with E-state index in [2.05, 4.69) is 21.2 Å². The molecule has 0 aliphatic heterocycles. The Morgan fingerprint density at radius 1 is 1.12 bits per heavy atom. The normalized spacial score (nSPS) is 11.0. The Balaban J connectivity index is 1.67. The van der Waals surface area contributed by atoms with Gasteiger partial charge in [0.05, 0.1) is 0 Å². The number of hydrogen-bond acceptors (Lipinski definition) is 3. The lowest BCUT2D eigenvalue weighted by molar-refractivity contribution is -0.111. The van der Waals surface area contributed by atoms with Crippen molar-refractivity contribution in [2.45, 2.75) is 6.92 Å². The van der Waals surface area contributed by atoms with Gasteiger partial charge in [-0.2, -0.15) is 0 Å². The number of nitrogens with one attached hydrogen (secondary N) is 1. The lowest BCUT2D eigenvalue weighted by Gasteiger charge is -2.06. The van der Waals surface area contributed by atoms with Crippen molar-refractivity contribution < 1.29 is 9.21 Å². The second kappa shape index (κ2) is 7.40. The molecule has 0 spiro atoms. The predicted octanol–water partition coefficient (Wildman–Crippen LogP) is 5.25. The molecule has 0 bridgehead atoms. The van der Waals surface area contributed by atoms with E-state index in [9.17, 15) is 4.79 Å². The van der Waals surface area contributed by atoms with Crippen LogP contribution in [-0.4, -0.2) is 5.91 Å². The zero-order valence-electron chi connectivity index (χ0n) is 13.6. The van der Waals surface area contributed by atoms with E-state index in [0.29, 0.717) is 11.4 Å². The number of anilines is 2. The van der Waals surface area contributed by atoms with E-state index in [1.807, 2.05) is 49.4 Å². The van der Waals surface area contributed by atoms with Crippen molar-refractivity contribution in [1.29, 1.82) is 0 Å². The lowest BCUT2D eigenvalue weighted by Crippen LogP contribution is -2.09. The molecule has 0 unspecified atom stereocenters. The highest BCUT2D eigenvalue weighted by Gasteiger charge is 2.05. The zero-order valence-corrected chi connectivity index (χ0v) is 15.2. The van der Waals surface area contributed by atoms with Crippen LogP contribution < -0.4 is 11.1 Å². The molecule has 3 aromatic rings. The van der Waals surface area contributed by atoms with Crippen LogP contribution in [0.1, 0.15) is 11.3 Å². The molecule has 2 aromatic carbocycles. The number of nitrogen functional groups attached to an aromatic ring is 1. The molecule has 1 amide bonds. The molecule has 3 rings (SSSR count). The van der Waals surface area contributed by atoms with Gasteiger partial charge in [-0.15, -0.1) is 0 Å². The number of halogens is 1. The SMILES string of the molecule is Cc1cc(N)ccc1NC(=O)/C=C/c1ccc(-c2ccc(Br)cc2)o1. The summed E-state index contributed by atoms with van der Waals surface area (Å²) in [5, 5.41) is 2.82. The van der Waals surface area contributed by atoms with E-state index in [-0.39, 0.29) is 5.91 Å². The average molecular weight is 397 g/mol. The van der Waals surface area contributed by atoms with Crippen LogP contribution in [-0.2, 0) is 4.79 Å². The van der Waals surface area contributed by atoms with Crippen LogP contribution in [0.2, 0.25) is 0 Å². The summed E-state index contributed by atoms with van der Waals surface area (Å²) in [7, 11) is 0. The fourth-order valence-corrected chi connectivity index (χ4v) is 2.64. The topological polar surface area (TPSA) is 68.3 Å². The van der Waals surface area contributed by atoms with Crippen LogP contribution in [0.4, 0.5) is 11.4 Å². The van der Waals surface area contributed by atoms with Gasteiger partial charge in [-0.05, 0) is 61.0 Å². The summed E-state index contributed by atoms with van der Waals surface area (Å²) < 4.78 is 6.76. The second-order valence-corrected chi connectivity index (χ2v) is 6.52. The maximum Gasteiger partial charge on any atom is 0.248 e.